The third kappa shape index (κ3) is 2.83. The molecule has 3 heterocycles. The van der Waals surface area contributed by atoms with E-state index < -0.39 is 0 Å². The van der Waals surface area contributed by atoms with Crippen LogP contribution < -0.4 is 20.5 Å². The van der Waals surface area contributed by atoms with Gasteiger partial charge >= 0.3 is 0 Å². The van der Waals surface area contributed by atoms with Crippen molar-refractivity contribution < 1.29 is 14.3 Å². The molecule has 0 unspecified atom stereocenters. The predicted octanol–water partition coefficient (Wildman–Crippen LogP) is 4.97. The van der Waals surface area contributed by atoms with Crippen LogP contribution in [-0.4, -0.2) is 23.2 Å². The Balaban J connectivity index is 1.20. The average Bonchev–Trinajstić information content (AvgIpc) is 3.36. The van der Waals surface area contributed by atoms with E-state index in [2.05, 4.69) is 5.32 Å². The van der Waals surface area contributed by atoms with Gasteiger partial charge in [-0.25, -0.2) is 4.98 Å². The summed E-state index contributed by atoms with van der Waals surface area (Å²) < 4.78 is 10.9. The zero-order valence-corrected chi connectivity index (χ0v) is 18.5. The van der Waals surface area contributed by atoms with Crippen LogP contribution in [0.2, 0.25) is 0 Å². The smallest absolute Gasteiger partial charge is 0.264 e. The van der Waals surface area contributed by atoms with E-state index in [1.54, 1.807) is 0 Å². The lowest BCUT2D eigenvalue weighted by Crippen LogP contribution is -2.59. The van der Waals surface area contributed by atoms with E-state index in [-0.39, 0.29) is 18.2 Å². The van der Waals surface area contributed by atoms with Crippen molar-refractivity contribution in [3.8, 4) is 22.8 Å². The van der Waals surface area contributed by atoms with E-state index in [4.69, 9.17) is 20.2 Å². The molecule has 3 aromatic rings. The number of hydrogen-bond acceptors (Lipinski definition) is 6. The van der Waals surface area contributed by atoms with Gasteiger partial charge in [0.15, 0.2) is 11.5 Å². The van der Waals surface area contributed by atoms with E-state index in [0.29, 0.717) is 10.6 Å². The molecule has 0 spiro atoms. The van der Waals surface area contributed by atoms with E-state index >= 15 is 0 Å². The second kappa shape index (κ2) is 6.61. The molecule has 6 nitrogen and oxygen atoms in total. The fourth-order valence-electron chi connectivity index (χ4n) is 6.94. The lowest BCUT2D eigenvalue weighted by Gasteiger charge is -2.56. The Morgan fingerprint density at radius 2 is 1.75 bits per heavy atom. The highest BCUT2D eigenvalue weighted by molar-refractivity contribution is 7.21. The highest BCUT2D eigenvalue weighted by Crippen LogP contribution is 2.55. The van der Waals surface area contributed by atoms with Crippen LogP contribution in [0.5, 0.6) is 11.5 Å². The Morgan fingerprint density at radius 3 is 2.50 bits per heavy atom. The monoisotopic (exact) mass is 447 g/mol. The number of rotatable bonds is 3. The molecule has 7 heteroatoms. The highest BCUT2D eigenvalue weighted by Gasteiger charge is 2.51. The zero-order chi connectivity index (χ0) is 21.4. The van der Waals surface area contributed by atoms with Gasteiger partial charge in [-0.1, -0.05) is 0 Å². The first-order valence-corrected chi connectivity index (χ1v) is 12.3. The quantitative estimate of drug-likeness (QED) is 0.592. The van der Waals surface area contributed by atoms with E-state index in [0.717, 1.165) is 70.0 Å². The Hall–Kier alpha value is -2.80. The number of anilines is 1. The lowest BCUT2D eigenvalue weighted by atomic mass is 9.53. The van der Waals surface area contributed by atoms with Crippen molar-refractivity contribution in [1.29, 1.82) is 0 Å². The molecular weight excluding hydrogens is 422 g/mol. The van der Waals surface area contributed by atoms with Crippen molar-refractivity contribution in [1.82, 2.24) is 10.3 Å². The summed E-state index contributed by atoms with van der Waals surface area (Å²) in [4.78, 5) is 19.6. The number of aromatic nitrogens is 1. The molecule has 3 N–H and O–H groups in total. The third-order valence-electron chi connectivity index (χ3n) is 7.89. The van der Waals surface area contributed by atoms with Gasteiger partial charge in [0, 0.05) is 16.5 Å². The van der Waals surface area contributed by atoms with Crippen molar-refractivity contribution in [2.75, 3.05) is 12.5 Å². The number of ether oxygens (including phenoxy) is 2. The van der Waals surface area contributed by atoms with Crippen molar-refractivity contribution >= 4 is 33.1 Å². The van der Waals surface area contributed by atoms with E-state index in [9.17, 15) is 4.79 Å². The Labute approximate surface area is 190 Å². The first-order chi connectivity index (χ1) is 15.6. The number of pyridine rings is 1. The molecule has 1 aliphatic heterocycles. The maximum atomic E-state index is 13.4. The minimum atomic E-state index is -0.0305. The minimum Gasteiger partial charge on any atom is -0.454 e. The fourth-order valence-corrected chi connectivity index (χ4v) is 7.93. The first kappa shape index (κ1) is 18.7. The van der Waals surface area contributed by atoms with Crippen molar-refractivity contribution in [2.24, 2.45) is 17.8 Å². The molecule has 4 saturated carbocycles. The number of nitrogens with zero attached hydrogens (tertiary/aromatic N) is 1. The minimum absolute atomic E-state index is 0.0282. The number of hydrogen-bond donors (Lipinski definition) is 2. The van der Waals surface area contributed by atoms with Crippen molar-refractivity contribution in [3.05, 3.63) is 35.2 Å². The topological polar surface area (TPSA) is 86.5 Å². The predicted molar refractivity (Wildman–Crippen MR) is 124 cm³/mol. The van der Waals surface area contributed by atoms with Crippen LogP contribution >= 0.6 is 11.3 Å². The third-order valence-corrected chi connectivity index (χ3v) is 9.00. The number of carbonyl (C=O) groups is 1. The van der Waals surface area contributed by atoms with Gasteiger partial charge in [-0.2, -0.15) is 0 Å². The van der Waals surface area contributed by atoms with E-state index in [1.807, 2.05) is 30.3 Å². The van der Waals surface area contributed by atoms with Crippen LogP contribution in [-0.2, 0) is 0 Å². The summed E-state index contributed by atoms with van der Waals surface area (Å²) in [6.07, 6.45) is 7.44. The second-order valence-corrected chi connectivity index (χ2v) is 11.1. The number of nitrogens with one attached hydrogen (secondary N) is 1. The SMILES string of the molecule is Nc1c(C(=O)NC23CC4CC(CC(C4)C2)C3)sc2nc(-c3ccc4c(c3)OCO4)ccc12. The van der Waals surface area contributed by atoms with Gasteiger partial charge in [-0.3, -0.25) is 4.79 Å². The summed E-state index contributed by atoms with van der Waals surface area (Å²) in [5, 5.41) is 4.29. The molecular formula is C25H25N3O3S. The molecule has 5 aliphatic rings. The molecule has 4 aliphatic carbocycles. The summed E-state index contributed by atoms with van der Waals surface area (Å²) in [6.45, 7) is 0.245. The largest absolute Gasteiger partial charge is 0.454 e. The number of fused-ring (bicyclic) bond motifs is 2. The van der Waals surface area contributed by atoms with Gasteiger partial charge < -0.3 is 20.5 Å². The maximum Gasteiger partial charge on any atom is 0.264 e. The summed E-state index contributed by atoms with van der Waals surface area (Å²) in [6, 6.07) is 9.73. The molecule has 2 aromatic heterocycles. The molecule has 32 heavy (non-hydrogen) atoms. The first-order valence-electron chi connectivity index (χ1n) is 11.5. The number of nitrogens with two attached hydrogens (primary N) is 1. The van der Waals surface area contributed by atoms with E-state index in [1.165, 1.54) is 30.6 Å². The molecule has 0 saturated heterocycles. The molecule has 4 fully saturated rings. The average molecular weight is 448 g/mol. The number of thiophene rings is 1. The van der Waals surface area contributed by atoms with Crippen LogP contribution in [0.1, 0.15) is 48.2 Å². The zero-order valence-electron chi connectivity index (χ0n) is 17.7. The molecule has 4 bridgehead atoms. The van der Waals surface area contributed by atoms with Crippen LogP contribution in [0.25, 0.3) is 21.5 Å². The van der Waals surface area contributed by atoms with Gasteiger partial charge in [0.25, 0.3) is 5.91 Å². The van der Waals surface area contributed by atoms with Crippen molar-refractivity contribution in [2.45, 2.75) is 44.1 Å². The van der Waals surface area contributed by atoms with Gasteiger partial charge in [0.2, 0.25) is 6.79 Å². The maximum absolute atomic E-state index is 13.4. The van der Waals surface area contributed by atoms with Crippen LogP contribution in [0.15, 0.2) is 30.3 Å². The molecule has 164 valence electrons. The van der Waals surface area contributed by atoms with Gasteiger partial charge in [0.05, 0.1) is 11.4 Å². The van der Waals surface area contributed by atoms with Gasteiger partial charge in [-0.15, -0.1) is 11.3 Å². The Bertz CT molecular complexity index is 1230. The van der Waals surface area contributed by atoms with Gasteiger partial charge in [-0.05, 0) is 86.6 Å². The second-order valence-electron chi connectivity index (χ2n) is 10.1. The van der Waals surface area contributed by atoms with Gasteiger partial charge in [0.1, 0.15) is 9.71 Å². The number of carbonyl (C=O) groups excluding carboxylic acids is 1. The van der Waals surface area contributed by atoms with Crippen molar-refractivity contribution in [3.63, 3.8) is 0 Å². The van der Waals surface area contributed by atoms with Crippen LogP contribution in [0, 0.1) is 17.8 Å². The Morgan fingerprint density at radius 1 is 1.03 bits per heavy atom. The van der Waals surface area contributed by atoms with Crippen LogP contribution in [0.4, 0.5) is 5.69 Å². The Kier molecular flexibility index (Phi) is 3.87. The number of amides is 1. The number of benzene rings is 1. The highest BCUT2D eigenvalue weighted by atomic mass is 32.1. The standard InChI is InChI=1S/C25H25N3O3S/c26-21-17-2-3-18(16-1-4-19-20(8-16)31-12-30-19)27-24(17)32-22(21)23(29)28-25-9-13-5-14(10-25)7-15(6-13)11-25/h1-4,8,13-15H,5-7,9-12,26H2,(H,28,29). The molecule has 1 aromatic carbocycles. The fraction of sp³-hybridized carbons (Fsp3) is 0.440. The normalized spacial score (nSPS) is 29.6. The molecule has 1 amide bonds. The summed E-state index contributed by atoms with van der Waals surface area (Å²) >= 11 is 1.39. The van der Waals surface area contributed by atoms with Crippen LogP contribution in [0.3, 0.4) is 0 Å². The molecule has 0 radical (unpaired) electrons. The number of nitrogen functional groups attached to an aromatic ring is 1. The summed E-state index contributed by atoms with van der Waals surface area (Å²) in [5.74, 6) is 3.80. The summed E-state index contributed by atoms with van der Waals surface area (Å²) in [7, 11) is 0. The summed E-state index contributed by atoms with van der Waals surface area (Å²) in [5.41, 5.74) is 8.72. The molecule has 0 atom stereocenters. The lowest BCUT2D eigenvalue weighted by molar-refractivity contribution is -0.0166. The molecule has 8 rings (SSSR count).